The van der Waals surface area contributed by atoms with Crippen LogP contribution in [0.2, 0.25) is 0 Å². The molecule has 3 nitrogen and oxygen atoms in total. The van der Waals surface area contributed by atoms with Gasteiger partial charge in [0.2, 0.25) is 0 Å². The Hall–Kier alpha value is -2.41. The maximum atomic E-state index is 13.1. The first-order valence-electron chi connectivity index (χ1n) is 7.27. The molecule has 0 aliphatic heterocycles. The number of likely N-dealkylation sites (N-methyl/N-ethyl adjacent to an activating group) is 1. The third kappa shape index (κ3) is 5.34. The van der Waals surface area contributed by atoms with Gasteiger partial charge in [-0.05, 0) is 36.4 Å². The monoisotopic (exact) mass is 341 g/mol. The Labute approximate surface area is 136 Å². The summed E-state index contributed by atoms with van der Waals surface area (Å²) in [6.07, 6.45) is -4.40. The van der Waals surface area contributed by atoms with Crippen LogP contribution in [0, 0.1) is 5.82 Å². The molecule has 0 saturated carbocycles. The van der Waals surface area contributed by atoms with Crippen LogP contribution in [0.25, 0.3) is 0 Å². The summed E-state index contributed by atoms with van der Waals surface area (Å²) in [7, 11) is 1.78. The van der Waals surface area contributed by atoms with Gasteiger partial charge in [-0.25, -0.2) is 4.39 Å². The molecule has 0 saturated heterocycles. The molecule has 1 amide bonds. The highest BCUT2D eigenvalue weighted by molar-refractivity contribution is 5.91. The zero-order chi connectivity index (χ0) is 17.7. The van der Waals surface area contributed by atoms with Gasteiger partial charge in [-0.15, -0.1) is 0 Å². The Morgan fingerprint density at radius 3 is 2.38 bits per heavy atom. The van der Waals surface area contributed by atoms with Crippen molar-refractivity contribution in [2.75, 3.05) is 18.9 Å². The molecule has 0 aromatic heterocycles. The van der Waals surface area contributed by atoms with E-state index in [-0.39, 0.29) is 18.3 Å². The first-order chi connectivity index (χ1) is 11.2. The molecule has 0 aliphatic carbocycles. The zero-order valence-electron chi connectivity index (χ0n) is 13.0. The molecule has 1 atom stereocenters. The largest absolute Gasteiger partial charge is 0.416 e. The second-order valence-corrected chi connectivity index (χ2v) is 5.56. The SMILES string of the molecule is C[NH+](CC(=O)Nc1ccc(C(F)(F)F)cc1)Cc1cccc(F)c1. The van der Waals surface area contributed by atoms with Crippen molar-refractivity contribution in [3.8, 4) is 0 Å². The predicted octanol–water partition coefficient (Wildman–Crippen LogP) is 2.50. The normalized spacial score (nSPS) is 12.7. The highest BCUT2D eigenvalue weighted by Crippen LogP contribution is 2.29. The van der Waals surface area contributed by atoms with Crippen molar-refractivity contribution in [2.24, 2.45) is 0 Å². The fourth-order valence-electron chi connectivity index (χ4n) is 2.28. The summed E-state index contributed by atoms with van der Waals surface area (Å²) < 4.78 is 50.5. The van der Waals surface area contributed by atoms with Gasteiger partial charge in [-0.1, -0.05) is 12.1 Å². The number of nitrogens with one attached hydrogen (secondary N) is 2. The molecule has 2 aromatic rings. The van der Waals surface area contributed by atoms with E-state index in [0.29, 0.717) is 12.2 Å². The molecule has 0 aliphatic rings. The number of halogens is 4. The van der Waals surface area contributed by atoms with Gasteiger partial charge in [-0.2, -0.15) is 13.2 Å². The number of carbonyl (C=O) groups is 1. The summed E-state index contributed by atoms with van der Waals surface area (Å²) in [6, 6.07) is 10.4. The Morgan fingerprint density at radius 2 is 1.79 bits per heavy atom. The van der Waals surface area contributed by atoms with E-state index in [1.807, 2.05) is 0 Å². The Morgan fingerprint density at radius 1 is 1.12 bits per heavy atom. The number of hydrogen-bond donors (Lipinski definition) is 2. The van der Waals surface area contributed by atoms with Crippen molar-refractivity contribution in [1.29, 1.82) is 0 Å². The molecule has 0 fully saturated rings. The maximum absolute atomic E-state index is 13.1. The Kier molecular flexibility index (Phi) is 5.56. The molecule has 24 heavy (non-hydrogen) atoms. The van der Waals surface area contributed by atoms with Gasteiger partial charge in [0.05, 0.1) is 12.6 Å². The first-order valence-corrected chi connectivity index (χ1v) is 7.27. The van der Waals surface area contributed by atoms with E-state index < -0.39 is 11.7 Å². The predicted molar refractivity (Wildman–Crippen MR) is 81.9 cm³/mol. The lowest BCUT2D eigenvalue weighted by atomic mass is 10.2. The summed E-state index contributed by atoms with van der Waals surface area (Å²) in [5.74, 6) is -0.668. The number of amides is 1. The van der Waals surface area contributed by atoms with Crippen LogP contribution in [-0.4, -0.2) is 19.5 Å². The lowest BCUT2D eigenvalue weighted by Gasteiger charge is -2.14. The number of rotatable bonds is 5. The summed E-state index contributed by atoms with van der Waals surface area (Å²) in [6.45, 7) is 0.565. The third-order valence-corrected chi connectivity index (χ3v) is 3.35. The van der Waals surface area contributed by atoms with Crippen molar-refractivity contribution >= 4 is 11.6 Å². The van der Waals surface area contributed by atoms with E-state index in [0.717, 1.165) is 22.6 Å². The second-order valence-electron chi connectivity index (χ2n) is 5.56. The minimum Gasteiger partial charge on any atom is -0.326 e. The van der Waals surface area contributed by atoms with E-state index in [4.69, 9.17) is 0 Å². The minimum atomic E-state index is -4.40. The van der Waals surface area contributed by atoms with Gasteiger partial charge in [0.15, 0.2) is 6.54 Å². The standard InChI is InChI=1S/C17H16F4N2O/c1-23(10-12-3-2-4-14(18)9-12)11-16(24)22-15-7-5-13(6-8-15)17(19,20)21/h2-9H,10-11H2,1H3,(H,22,24)/p+1. The van der Waals surface area contributed by atoms with E-state index in [1.165, 1.54) is 24.3 Å². The number of quaternary nitrogens is 1. The maximum Gasteiger partial charge on any atom is 0.416 e. The fraction of sp³-hybridized carbons (Fsp3) is 0.235. The lowest BCUT2D eigenvalue weighted by Crippen LogP contribution is -3.08. The molecule has 7 heteroatoms. The molecule has 1 unspecified atom stereocenters. The highest BCUT2D eigenvalue weighted by Gasteiger charge is 2.30. The van der Waals surface area contributed by atoms with E-state index in [9.17, 15) is 22.4 Å². The van der Waals surface area contributed by atoms with E-state index in [2.05, 4.69) is 5.32 Å². The van der Waals surface area contributed by atoms with Crippen LogP contribution in [0.5, 0.6) is 0 Å². The van der Waals surface area contributed by atoms with Crippen LogP contribution in [0.4, 0.5) is 23.2 Å². The molecule has 0 heterocycles. The van der Waals surface area contributed by atoms with Crippen LogP contribution >= 0.6 is 0 Å². The van der Waals surface area contributed by atoms with Crippen molar-refractivity contribution in [3.63, 3.8) is 0 Å². The van der Waals surface area contributed by atoms with Crippen molar-refractivity contribution in [2.45, 2.75) is 12.7 Å². The van der Waals surface area contributed by atoms with Gasteiger partial charge >= 0.3 is 6.18 Å². The molecule has 2 aromatic carbocycles. The third-order valence-electron chi connectivity index (χ3n) is 3.35. The van der Waals surface area contributed by atoms with Crippen LogP contribution in [-0.2, 0) is 17.5 Å². The molecular formula is C17H17F4N2O+. The van der Waals surface area contributed by atoms with Crippen molar-refractivity contribution in [1.82, 2.24) is 0 Å². The van der Waals surface area contributed by atoms with Crippen LogP contribution in [0.3, 0.4) is 0 Å². The van der Waals surface area contributed by atoms with Gasteiger partial charge in [-0.3, -0.25) is 4.79 Å². The van der Waals surface area contributed by atoms with Crippen LogP contribution in [0.1, 0.15) is 11.1 Å². The van der Waals surface area contributed by atoms with E-state index >= 15 is 0 Å². The molecule has 2 N–H and O–H groups in total. The molecule has 0 bridgehead atoms. The second kappa shape index (κ2) is 7.44. The number of benzene rings is 2. The smallest absolute Gasteiger partial charge is 0.326 e. The molecule has 0 radical (unpaired) electrons. The van der Waals surface area contributed by atoms with Gasteiger partial charge in [0.25, 0.3) is 5.91 Å². The van der Waals surface area contributed by atoms with Crippen molar-refractivity contribution < 1.29 is 27.3 Å². The number of anilines is 1. The lowest BCUT2D eigenvalue weighted by molar-refractivity contribution is -0.885. The van der Waals surface area contributed by atoms with Gasteiger partial charge in [0, 0.05) is 11.3 Å². The topological polar surface area (TPSA) is 33.5 Å². The quantitative estimate of drug-likeness (QED) is 0.805. The van der Waals surface area contributed by atoms with E-state index in [1.54, 1.807) is 19.2 Å². The summed E-state index contributed by atoms with van der Waals surface area (Å²) in [5, 5.41) is 2.55. The highest BCUT2D eigenvalue weighted by atomic mass is 19.4. The number of hydrogen-bond acceptors (Lipinski definition) is 1. The Balaban J connectivity index is 1.88. The zero-order valence-corrected chi connectivity index (χ0v) is 13.0. The minimum absolute atomic E-state index is 0.109. The summed E-state index contributed by atoms with van der Waals surface area (Å²) in [4.78, 5) is 12.8. The van der Waals surface area contributed by atoms with Crippen molar-refractivity contribution in [3.05, 3.63) is 65.5 Å². The number of carbonyl (C=O) groups excluding carboxylic acids is 1. The molecule has 128 valence electrons. The number of alkyl halides is 3. The van der Waals surface area contributed by atoms with Gasteiger partial charge in [0.1, 0.15) is 12.4 Å². The summed E-state index contributed by atoms with van der Waals surface area (Å²) in [5.41, 5.74) is 0.288. The Bertz CT molecular complexity index is 698. The first kappa shape index (κ1) is 17.9. The molecule has 2 rings (SSSR count). The van der Waals surface area contributed by atoms with Crippen LogP contribution in [0.15, 0.2) is 48.5 Å². The molecular weight excluding hydrogens is 324 g/mol. The average Bonchev–Trinajstić information content (AvgIpc) is 2.46. The molecule has 0 spiro atoms. The average molecular weight is 341 g/mol. The fourth-order valence-corrected chi connectivity index (χ4v) is 2.28. The van der Waals surface area contributed by atoms with Gasteiger partial charge < -0.3 is 10.2 Å². The summed E-state index contributed by atoms with van der Waals surface area (Å²) >= 11 is 0. The van der Waals surface area contributed by atoms with Crippen LogP contribution < -0.4 is 10.2 Å².